The number of rotatable bonds is 3. The summed E-state index contributed by atoms with van der Waals surface area (Å²) in [5.74, 6) is -1.60. The lowest BCUT2D eigenvalue weighted by molar-refractivity contribution is -0.138. The first-order valence-corrected chi connectivity index (χ1v) is 5.04. The molecule has 1 rings (SSSR count). The first-order valence-electron chi connectivity index (χ1n) is 4.67. The largest absolute Gasteiger partial charge is 0.481 e. The monoisotopic (exact) mass is 227 g/mol. The van der Waals surface area contributed by atoms with Gasteiger partial charge in [0.1, 0.15) is 0 Å². The molecule has 3 N–H and O–H groups in total. The number of hydrogen-bond donors (Lipinski definition) is 2. The second kappa shape index (κ2) is 4.64. The van der Waals surface area contributed by atoms with Gasteiger partial charge in [-0.15, -0.1) is 0 Å². The van der Waals surface area contributed by atoms with Gasteiger partial charge in [0.15, 0.2) is 0 Å². The maximum atomic E-state index is 10.9. The second-order valence-electron chi connectivity index (χ2n) is 3.57. The maximum absolute atomic E-state index is 10.9. The average Bonchev–Trinajstić information content (AvgIpc) is 2.14. The van der Waals surface area contributed by atoms with E-state index in [4.69, 9.17) is 22.4 Å². The topological polar surface area (TPSA) is 63.3 Å². The van der Waals surface area contributed by atoms with Crippen LogP contribution in [0.25, 0.3) is 0 Å². The second-order valence-corrected chi connectivity index (χ2v) is 3.98. The molecule has 1 unspecified atom stereocenters. The van der Waals surface area contributed by atoms with E-state index in [-0.39, 0.29) is 6.54 Å². The molecule has 1 atom stereocenters. The van der Waals surface area contributed by atoms with Crippen molar-refractivity contribution < 1.29 is 9.90 Å². The van der Waals surface area contributed by atoms with Gasteiger partial charge in [-0.1, -0.05) is 17.7 Å². The van der Waals surface area contributed by atoms with Gasteiger partial charge in [-0.25, -0.2) is 0 Å². The van der Waals surface area contributed by atoms with E-state index in [1.807, 2.05) is 19.9 Å². The van der Waals surface area contributed by atoms with Gasteiger partial charge in [0, 0.05) is 11.6 Å². The minimum Gasteiger partial charge on any atom is -0.481 e. The van der Waals surface area contributed by atoms with E-state index < -0.39 is 11.9 Å². The molecule has 0 saturated heterocycles. The number of benzene rings is 1. The zero-order chi connectivity index (χ0) is 11.6. The summed E-state index contributed by atoms with van der Waals surface area (Å²) in [6.07, 6.45) is 0. The third-order valence-electron chi connectivity index (χ3n) is 2.56. The van der Waals surface area contributed by atoms with Crippen LogP contribution in [0.2, 0.25) is 5.02 Å². The van der Waals surface area contributed by atoms with E-state index in [1.165, 1.54) is 0 Å². The number of hydrogen-bond acceptors (Lipinski definition) is 2. The van der Waals surface area contributed by atoms with Crippen molar-refractivity contribution in [1.82, 2.24) is 0 Å². The molecule has 1 aromatic carbocycles. The lowest BCUT2D eigenvalue weighted by Gasteiger charge is -2.13. The van der Waals surface area contributed by atoms with Gasteiger partial charge in [0.05, 0.1) is 5.92 Å². The Kier molecular flexibility index (Phi) is 3.72. The number of carboxylic acids is 1. The van der Waals surface area contributed by atoms with Crippen LogP contribution in [0, 0.1) is 13.8 Å². The highest BCUT2D eigenvalue weighted by atomic mass is 35.5. The molecule has 4 heteroatoms. The molecular weight excluding hydrogens is 214 g/mol. The van der Waals surface area contributed by atoms with Gasteiger partial charge < -0.3 is 10.8 Å². The van der Waals surface area contributed by atoms with Gasteiger partial charge in [0.25, 0.3) is 0 Å². The molecule has 1 aromatic rings. The lowest BCUT2D eigenvalue weighted by atomic mass is 9.96. The number of aryl methyl sites for hydroxylation is 1. The van der Waals surface area contributed by atoms with Crippen LogP contribution in [-0.4, -0.2) is 17.6 Å². The van der Waals surface area contributed by atoms with E-state index in [2.05, 4.69) is 0 Å². The average molecular weight is 228 g/mol. The van der Waals surface area contributed by atoms with E-state index >= 15 is 0 Å². The van der Waals surface area contributed by atoms with E-state index in [0.717, 1.165) is 11.1 Å². The first-order chi connectivity index (χ1) is 6.97. The molecule has 0 amide bonds. The number of nitrogens with two attached hydrogens (primary N) is 1. The fourth-order valence-electron chi connectivity index (χ4n) is 1.42. The summed E-state index contributed by atoms with van der Waals surface area (Å²) in [6, 6.07) is 3.50. The van der Waals surface area contributed by atoms with E-state index in [9.17, 15) is 4.79 Å². The van der Waals surface area contributed by atoms with Crippen LogP contribution in [0.1, 0.15) is 22.6 Å². The normalized spacial score (nSPS) is 12.5. The van der Waals surface area contributed by atoms with Crippen LogP contribution in [0.15, 0.2) is 12.1 Å². The van der Waals surface area contributed by atoms with Gasteiger partial charge in [-0.2, -0.15) is 0 Å². The predicted octanol–water partition coefficient (Wildman–Crippen LogP) is 2.08. The maximum Gasteiger partial charge on any atom is 0.312 e. The van der Waals surface area contributed by atoms with Crippen molar-refractivity contribution in [3.8, 4) is 0 Å². The van der Waals surface area contributed by atoms with Gasteiger partial charge >= 0.3 is 5.97 Å². The highest BCUT2D eigenvalue weighted by Crippen LogP contribution is 2.25. The van der Waals surface area contributed by atoms with E-state index in [0.29, 0.717) is 10.6 Å². The molecular formula is C11H14ClNO2. The first kappa shape index (κ1) is 12.0. The van der Waals surface area contributed by atoms with Crippen LogP contribution in [-0.2, 0) is 4.79 Å². The minimum atomic E-state index is -0.920. The van der Waals surface area contributed by atoms with Gasteiger partial charge in [-0.05, 0) is 36.6 Å². The number of carboxylic acid groups (broad SMARTS) is 1. The lowest BCUT2D eigenvalue weighted by Crippen LogP contribution is -2.21. The third-order valence-corrected chi connectivity index (χ3v) is 2.96. The smallest absolute Gasteiger partial charge is 0.312 e. The third kappa shape index (κ3) is 2.49. The Morgan fingerprint density at radius 1 is 1.53 bits per heavy atom. The molecule has 0 saturated carbocycles. The Morgan fingerprint density at radius 3 is 2.53 bits per heavy atom. The SMILES string of the molecule is Cc1cc(C(CN)C(=O)O)cc(Cl)c1C. The van der Waals surface area contributed by atoms with Crippen molar-refractivity contribution in [2.75, 3.05) is 6.54 Å². The number of halogens is 1. The summed E-state index contributed by atoms with van der Waals surface area (Å²) in [5, 5.41) is 9.54. The molecule has 0 radical (unpaired) electrons. The fourth-order valence-corrected chi connectivity index (χ4v) is 1.70. The van der Waals surface area contributed by atoms with Crippen LogP contribution >= 0.6 is 11.6 Å². The molecule has 0 aliphatic heterocycles. The fraction of sp³-hybridized carbons (Fsp3) is 0.364. The van der Waals surface area contributed by atoms with Crippen molar-refractivity contribution in [3.63, 3.8) is 0 Å². The van der Waals surface area contributed by atoms with Crippen LogP contribution in [0.5, 0.6) is 0 Å². The van der Waals surface area contributed by atoms with Gasteiger partial charge in [0.2, 0.25) is 0 Å². The summed E-state index contributed by atoms with van der Waals surface area (Å²) in [6.45, 7) is 3.88. The molecule has 3 nitrogen and oxygen atoms in total. The van der Waals surface area contributed by atoms with Crippen molar-refractivity contribution >= 4 is 17.6 Å². The summed E-state index contributed by atoms with van der Waals surface area (Å²) in [4.78, 5) is 10.9. The van der Waals surface area contributed by atoms with Crippen LogP contribution < -0.4 is 5.73 Å². The number of carbonyl (C=O) groups is 1. The highest BCUT2D eigenvalue weighted by molar-refractivity contribution is 6.31. The predicted molar refractivity (Wildman–Crippen MR) is 60.4 cm³/mol. The minimum absolute atomic E-state index is 0.0775. The Hall–Kier alpha value is -1.06. The molecule has 0 aliphatic carbocycles. The summed E-state index contributed by atoms with van der Waals surface area (Å²) < 4.78 is 0. The Labute approximate surface area is 93.9 Å². The molecule has 0 spiro atoms. The van der Waals surface area contributed by atoms with Crippen LogP contribution in [0.4, 0.5) is 0 Å². The Bertz CT molecular complexity index is 367. The molecule has 15 heavy (non-hydrogen) atoms. The van der Waals surface area contributed by atoms with Crippen molar-refractivity contribution in [2.24, 2.45) is 5.73 Å². The zero-order valence-corrected chi connectivity index (χ0v) is 9.51. The molecule has 0 heterocycles. The Balaban J connectivity index is 3.20. The quantitative estimate of drug-likeness (QED) is 0.831. The van der Waals surface area contributed by atoms with Crippen molar-refractivity contribution in [2.45, 2.75) is 19.8 Å². The Morgan fingerprint density at radius 2 is 2.13 bits per heavy atom. The summed E-state index contributed by atoms with van der Waals surface area (Å²) in [7, 11) is 0. The highest BCUT2D eigenvalue weighted by Gasteiger charge is 2.19. The molecule has 0 bridgehead atoms. The standard InChI is InChI=1S/C11H14ClNO2/c1-6-3-8(4-10(12)7(6)2)9(5-13)11(14)15/h3-4,9H,5,13H2,1-2H3,(H,14,15). The summed E-state index contributed by atoms with van der Waals surface area (Å²) in [5.41, 5.74) is 8.04. The van der Waals surface area contributed by atoms with Crippen LogP contribution in [0.3, 0.4) is 0 Å². The van der Waals surface area contributed by atoms with Crippen molar-refractivity contribution in [3.05, 3.63) is 33.8 Å². The number of aliphatic carboxylic acids is 1. The van der Waals surface area contributed by atoms with E-state index in [1.54, 1.807) is 6.07 Å². The zero-order valence-electron chi connectivity index (χ0n) is 8.75. The van der Waals surface area contributed by atoms with Gasteiger partial charge in [-0.3, -0.25) is 4.79 Å². The van der Waals surface area contributed by atoms with Crippen molar-refractivity contribution in [1.29, 1.82) is 0 Å². The summed E-state index contributed by atoms with van der Waals surface area (Å²) >= 11 is 5.99. The molecule has 82 valence electrons. The molecule has 0 aromatic heterocycles. The molecule has 0 aliphatic rings. The molecule has 0 fully saturated rings.